The average molecular weight is 404 g/mol. The second kappa shape index (κ2) is 7.18. The van der Waals surface area contributed by atoms with E-state index in [1.807, 2.05) is 0 Å². The molecule has 0 unspecified atom stereocenters. The van der Waals surface area contributed by atoms with E-state index in [2.05, 4.69) is 0 Å². The largest absolute Gasteiger partial charge is 0.489 e. The lowest BCUT2D eigenvalue weighted by Gasteiger charge is -2.30. The summed E-state index contributed by atoms with van der Waals surface area (Å²) in [4.78, 5) is 13.5. The Morgan fingerprint density at radius 3 is 2.61 bits per heavy atom. The Kier molecular flexibility index (Phi) is 4.84. The van der Waals surface area contributed by atoms with E-state index in [-0.39, 0.29) is 22.7 Å². The molecule has 0 spiro atoms. The van der Waals surface area contributed by atoms with Crippen molar-refractivity contribution < 1.29 is 22.3 Å². The van der Waals surface area contributed by atoms with E-state index < -0.39 is 10.0 Å². The Bertz CT molecular complexity index is 1010. The van der Waals surface area contributed by atoms with Crippen LogP contribution in [0.25, 0.3) is 0 Å². The van der Waals surface area contributed by atoms with Gasteiger partial charge in [0.15, 0.2) is 0 Å². The van der Waals surface area contributed by atoms with Crippen molar-refractivity contribution in [1.29, 1.82) is 0 Å². The monoisotopic (exact) mass is 404 g/mol. The van der Waals surface area contributed by atoms with E-state index in [9.17, 15) is 17.6 Å². The molecule has 0 aromatic heterocycles. The molecule has 4 rings (SSSR count). The number of hydrogen-bond donors (Lipinski definition) is 0. The zero-order valence-corrected chi connectivity index (χ0v) is 16.3. The van der Waals surface area contributed by atoms with Crippen molar-refractivity contribution >= 4 is 21.6 Å². The summed E-state index contributed by atoms with van der Waals surface area (Å²) in [6.45, 7) is 2.63. The highest BCUT2D eigenvalue weighted by molar-refractivity contribution is 7.89. The van der Waals surface area contributed by atoms with Crippen LogP contribution in [0, 0.1) is 5.82 Å². The van der Waals surface area contributed by atoms with Crippen molar-refractivity contribution in [3.05, 3.63) is 53.8 Å². The van der Waals surface area contributed by atoms with Gasteiger partial charge in [-0.05, 0) is 42.7 Å². The lowest BCUT2D eigenvalue weighted by atomic mass is 10.1. The first-order valence-corrected chi connectivity index (χ1v) is 10.6. The van der Waals surface area contributed by atoms with Gasteiger partial charge in [-0.3, -0.25) is 4.79 Å². The predicted molar refractivity (Wildman–Crippen MR) is 102 cm³/mol. The third-order valence-corrected chi connectivity index (χ3v) is 7.14. The number of halogens is 1. The molecule has 2 aromatic rings. The van der Waals surface area contributed by atoms with Gasteiger partial charge >= 0.3 is 0 Å². The summed E-state index contributed by atoms with van der Waals surface area (Å²) in [6, 6.07) is 10.3. The van der Waals surface area contributed by atoms with Gasteiger partial charge in [0.05, 0.1) is 23.2 Å². The van der Waals surface area contributed by atoms with Crippen LogP contribution in [-0.2, 0) is 14.8 Å². The fourth-order valence-corrected chi connectivity index (χ4v) is 5.57. The summed E-state index contributed by atoms with van der Waals surface area (Å²) in [5.41, 5.74) is 1.36. The molecular formula is C20H21FN2O4S. The number of carbonyl (C=O) groups excluding carboxylic acids is 1. The minimum atomic E-state index is -3.76. The molecule has 1 saturated heterocycles. The van der Waals surface area contributed by atoms with Gasteiger partial charge in [-0.15, -0.1) is 0 Å². The number of ether oxygens (including phenoxy) is 1. The minimum Gasteiger partial charge on any atom is -0.489 e. The van der Waals surface area contributed by atoms with Crippen molar-refractivity contribution in [1.82, 2.24) is 4.31 Å². The highest BCUT2D eigenvalue weighted by Crippen LogP contribution is 2.39. The van der Waals surface area contributed by atoms with E-state index in [0.29, 0.717) is 37.6 Å². The van der Waals surface area contributed by atoms with Crippen molar-refractivity contribution in [2.45, 2.75) is 30.7 Å². The molecule has 1 amide bonds. The van der Waals surface area contributed by atoms with Crippen LogP contribution in [0.1, 0.15) is 31.4 Å². The molecule has 1 atom stereocenters. The molecule has 8 heteroatoms. The normalized spacial score (nSPS) is 19.9. The van der Waals surface area contributed by atoms with Gasteiger partial charge in [-0.25, -0.2) is 12.8 Å². The van der Waals surface area contributed by atoms with E-state index in [1.54, 1.807) is 23.1 Å². The Morgan fingerprint density at radius 1 is 1.14 bits per heavy atom. The summed E-state index contributed by atoms with van der Waals surface area (Å²) in [5.74, 6) is -0.0749. The molecule has 148 valence electrons. The molecule has 0 aliphatic carbocycles. The number of fused-ring (bicyclic) bond motifs is 1. The van der Waals surface area contributed by atoms with Gasteiger partial charge in [0.25, 0.3) is 0 Å². The molecule has 6 nitrogen and oxygen atoms in total. The zero-order valence-electron chi connectivity index (χ0n) is 15.5. The van der Waals surface area contributed by atoms with Crippen molar-refractivity contribution in [3.63, 3.8) is 0 Å². The number of amides is 1. The first-order chi connectivity index (χ1) is 13.4. The quantitative estimate of drug-likeness (QED) is 0.789. The molecule has 1 fully saturated rings. The van der Waals surface area contributed by atoms with Crippen LogP contribution in [0.4, 0.5) is 10.1 Å². The van der Waals surface area contributed by atoms with Crippen molar-refractivity contribution in [2.75, 3.05) is 24.6 Å². The molecule has 2 aliphatic rings. The number of nitrogens with zero attached hydrogens (tertiary/aromatic N) is 2. The standard InChI is InChI=1S/C20H21FN2O4S/c1-14(24)22-11-12-27-20-13-17(8-9-19(20)22)28(25,26)23-10-2-3-18(23)15-4-6-16(21)7-5-15/h4-9,13,18H,2-3,10-12H2,1H3/t18-/m1/s1. The molecule has 2 aliphatic heterocycles. The van der Waals surface area contributed by atoms with Gasteiger partial charge in [0.1, 0.15) is 18.2 Å². The number of benzene rings is 2. The van der Waals surface area contributed by atoms with Crippen LogP contribution in [0.2, 0.25) is 0 Å². The topological polar surface area (TPSA) is 66.9 Å². The lowest BCUT2D eigenvalue weighted by Crippen LogP contribution is -2.36. The summed E-state index contributed by atoms with van der Waals surface area (Å²) < 4.78 is 46.9. The first kappa shape index (κ1) is 18.9. The van der Waals surface area contributed by atoms with Crippen LogP contribution in [0.5, 0.6) is 5.75 Å². The van der Waals surface area contributed by atoms with Gasteiger partial charge in [0, 0.05) is 19.5 Å². The highest BCUT2D eigenvalue weighted by Gasteiger charge is 2.37. The SMILES string of the molecule is CC(=O)N1CCOc2cc(S(=O)(=O)N3CCC[C@@H]3c3ccc(F)cc3)ccc21. The molecule has 0 radical (unpaired) electrons. The van der Waals surface area contributed by atoms with Gasteiger partial charge in [0.2, 0.25) is 15.9 Å². The van der Waals surface area contributed by atoms with Crippen LogP contribution in [-0.4, -0.2) is 38.3 Å². The van der Waals surface area contributed by atoms with Crippen molar-refractivity contribution in [2.24, 2.45) is 0 Å². The number of carbonyl (C=O) groups is 1. The molecule has 2 aromatic carbocycles. The Labute approximate surface area is 163 Å². The van der Waals surface area contributed by atoms with Gasteiger partial charge < -0.3 is 9.64 Å². The van der Waals surface area contributed by atoms with E-state index >= 15 is 0 Å². The number of sulfonamides is 1. The second-order valence-corrected chi connectivity index (χ2v) is 8.86. The summed E-state index contributed by atoms with van der Waals surface area (Å²) in [7, 11) is -3.76. The highest BCUT2D eigenvalue weighted by atomic mass is 32.2. The minimum absolute atomic E-state index is 0.115. The summed E-state index contributed by atoms with van der Waals surface area (Å²) in [6.07, 6.45) is 1.42. The Morgan fingerprint density at radius 2 is 1.89 bits per heavy atom. The van der Waals surface area contributed by atoms with Crippen LogP contribution in [0.3, 0.4) is 0 Å². The number of anilines is 1. The van der Waals surface area contributed by atoms with Crippen LogP contribution >= 0.6 is 0 Å². The Hall–Kier alpha value is -2.45. The maximum absolute atomic E-state index is 13.3. The predicted octanol–water partition coefficient (Wildman–Crippen LogP) is 3.10. The first-order valence-electron chi connectivity index (χ1n) is 9.20. The summed E-state index contributed by atoms with van der Waals surface area (Å²) in [5, 5.41) is 0. The van der Waals surface area contributed by atoms with E-state index in [1.165, 1.54) is 35.5 Å². The fourth-order valence-electron chi connectivity index (χ4n) is 3.87. The number of rotatable bonds is 3. The molecule has 2 heterocycles. The maximum Gasteiger partial charge on any atom is 0.243 e. The zero-order chi connectivity index (χ0) is 19.9. The van der Waals surface area contributed by atoms with Gasteiger partial charge in [-0.1, -0.05) is 12.1 Å². The third kappa shape index (κ3) is 3.27. The second-order valence-electron chi connectivity index (χ2n) is 6.97. The molecule has 0 saturated carbocycles. The van der Waals surface area contributed by atoms with Crippen LogP contribution < -0.4 is 9.64 Å². The van der Waals surface area contributed by atoms with E-state index in [0.717, 1.165) is 12.0 Å². The molecular weight excluding hydrogens is 383 g/mol. The molecule has 0 N–H and O–H groups in total. The molecule has 28 heavy (non-hydrogen) atoms. The smallest absolute Gasteiger partial charge is 0.243 e. The average Bonchev–Trinajstić information content (AvgIpc) is 3.18. The summed E-state index contributed by atoms with van der Waals surface area (Å²) >= 11 is 0. The van der Waals surface area contributed by atoms with Crippen molar-refractivity contribution in [3.8, 4) is 5.75 Å². The van der Waals surface area contributed by atoms with Gasteiger partial charge in [-0.2, -0.15) is 4.31 Å². The fraction of sp³-hybridized carbons (Fsp3) is 0.350. The molecule has 0 bridgehead atoms. The van der Waals surface area contributed by atoms with Crippen LogP contribution in [0.15, 0.2) is 47.4 Å². The number of hydrogen-bond acceptors (Lipinski definition) is 4. The lowest BCUT2D eigenvalue weighted by molar-refractivity contribution is -0.116. The van der Waals surface area contributed by atoms with E-state index in [4.69, 9.17) is 4.74 Å². The third-order valence-electron chi connectivity index (χ3n) is 5.24. The maximum atomic E-state index is 13.3. The Balaban J connectivity index is 1.68.